The van der Waals surface area contributed by atoms with Crippen LogP contribution in [0.5, 0.6) is 0 Å². The van der Waals surface area contributed by atoms with E-state index in [-0.39, 0.29) is 5.56 Å². The molecule has 9 heteroatoms. The van der Waals surface area contributed by atoms with Crippen LogP contribution in [0.15, 0.2) is 73.1 Å². The van der Waals surface area contributed by atoms with Crippen LogP contribution in [0.2, 0.25) is 0 Å². The molecule has 2 heterocycles. The van der Waals surface area contributed by atoms with Gasteiger partial charge in [0.15, 0.2) is 0 Å². The first-order chi connectivity index (χ1) is 16.0. The van der Waals surface area contributed by atoms with Crippen LogP contribution in [0.3, 0.4) is 0 Å². The van der Waals surface area contributed by atoms with E-state index in [0.29, 0.717) is 27.3 Å². The van der Waals surface area contributed by atoms with Gasteiger partial charge in [-0.1, -0.05) is 48.5 Å². The monoisotopic (exact) mass is 440 g/mol. The average Bonchev–Trinajstić information content (AvgIpc) is 3.10. The van der Waals surface area contributed by atoms with Gasteiger partial charge in [0, 0.05) is 39.9 Å². The zero-order valence-electron chi connectivity index (χ0n) is 17.0. The minimum Gasteiger partial charge on any atom is -0.272 e. The third kappa shape index (κ3) is 2.25. The molecule has 1 N–H and O–H groups in total. The molecule has 4 aliphatic rings. The second-order valence-corrected chi connectivity index (χ2v) is 8.37. The van der Waals surface area contributed by atoms with Crippen LogP contribution in [0.4, 0.5) is 0 Å². The van der Waals surface area contributed by atoms with Gasteiger partial charge in [0.2, 0.25) is 0 Å². The number of nitrogens with zero attached hydrogens (tertiary/aromatic N) is 3. The first-order valence-corrected chi connectivity index (χ1v) is 10.4. The minimum absolute atomic E-state index is 0.207. The fourth-order valence-electron chi connectivity index (χ4n) is 5.82. The van der Waals surface area contributed by atoms with Crippen LogP contribution in [0.1, 0.15) is 38.5 Å². The van der Waals surface area contributed by atoms with Crippen molar-refractivity contribution in [3.8, 4) is 0 Å². The maximum atomic E-state index is 13.6. The van der Waals surface area contributed by atoms with Crippen molar-refractivity contribution in [1.82, 2.24) is 15.4 Å². The van der Waals surface area contributed by atoms with Gasteiger partial charge in [0.1, 0.15) is 5.92 Å². The number of nitro groups is 1. The van der Waals surface area contributed by atoms with E-state index in [9.17, 15) is 24.5 Å². The zero-order valence-corrected chi connectivity index (χ0v) is 17.0. The minimum atomic E-state index is -1.92. The Balaban J connectivity index is 1.54. The molecule has 1 fully saturated rings. The van der Waals surface area contributed by atoms with Gasteiger partial charge in [0.25, 0.3) is 23.3 Å². The standard InChI is InChI=1S/C24H16N4O5/c29-21(13-9-11-25-12-10-13)26-27-22(30)19-18-14-5-1-3-7-16(14)24(28(32)33,20(19)23(27)31)17-8-4-2-6-15(17)18/h1-12,18-20H,(H,26,29)/t18?,19-,20+,24?/m0/s1. The van der Waals surface area contributed by atoms with Crippen molar-refractivity contribution in [1.29, 1.82) is 0 Å². The predicted molar refractivity (Wildman–Crippen MR) is 113 cm³/mol. The van der Waals surface area contributed by atoms with E-state index < -0.39 is 45.9 Å². The van der Waals surface area contributed by atoms with E-state index in [4.69, 9.17) is 0 Å². The Morgan fingerprint density at radius 3 is 2.09 bits per heavy atom. The lowest BCUT2D eigenvalue weighted by molar-refractivity contribution is -0.578. The molecule has 1 aromatic heterocycles. The summed E-state index contributed by atoms with van der Waals surface area (Å²) in [6, 6.07) is 16.7. The van der Waals surface area contributed by atoms with Crippen molar-refractivity contribution in [3.05, 3.63) is 111 Å². The Bertz CT molecular complexity index is 1320. The largest absolute Gasteiger partial charge is 0.285 e. The van der Waals surface area contributed by atoms with Crippen LogP contribution in [-0.4, -0.2) is 32.6 Å². The summed E-state index contributed by atoms with van der Waals surface area (Å²) >= 11 is 0. The lowest BCUT2D eigenvalue weighted by Crippen LogP contribution is -2.57. The third-order valence-electron chi connectivity index (χ3n) is 7.02. The number of pyridine rings is 1. The van der Waals surface area contributed by atoms with Crippen molar-refractivity contribution in [2.45, 2.75) is 11.5 Å². The molecule has 33 heavy (non-hydrogen) atoms. The number of hydrazine groups is 1. The molecular weight excluding hydrogens is 424 g/mol. The molecule has 3 aromatic rings. The first-order valence-electron chi connectivity index (χ1n) is 10.4. The Hall–Kier alpha value is -4.40. The average molecular weight is 440 g/mol. The number of carbonyl (C=O) groups is 3. The quantitative estimate of drug-likeness (QED) is 0.378. The van der Waals surface area contributed by atoms with E-state index >= 15 is 0 Å². The van der Waals surface area contributed by atoms with Crippen LogP contribution in [-0.2, 0) is 15.1 Å². The summed E-state index contributed by atoms with van der Waals surface area (Å²) in [4.78, 5) is 56.1. The molecule has 3 amide bonds. The molecule has 7 rings (SSSR count). The summed E-state index contributed by atoms with van der Waals surface area (Å²) in [5, 5.41) is 13.5. The number of carbonyl (C=O) groups excluding carboxylic acids is 3. The van der Waals surface area contributed by atoms with Gasteiger partial charge in [-0.3, -0.25) is 34.9 Å². The van der Waals surface area contributed by atoms with Crippen molar-refractivity contribution in [2.75, 3.05) is 0 Å². The number of aromatic nitrogens is 1. The van der Waals surface area contributed by atoms with E-state index in [1.54, 1.807) is 48.5 Å². The number of rotatable bonds is 3. The zero-order chi connectivity index (χ0) is 22.9. The fourth-order valence-corrected chi connectivity index (χ4v) is 5.82. The molecule has 0 saturated carbocycles. The van der Waals surface area contributed by atoms with Crippen LogP contribution < -0.4 is 5.43 Å². The third-order valence-corrected chi connectivity index (χ3v) is 7.02. The summed E-state index contributed by atoms with van der Waals surface area (Å²) in [5.74, 6) is -4.89. The van der Waals surface area contributed by atoms with Crippen molar-refractivity contribution in [3.63, 3.8) is 0 Å². The Kier molecular flexibility index (Phi) is 3.83. The highest BCUT2D eigenvalue weighted by atomic mass is 16.6. The van der Waals surface area contributed by atoms with Gasteiger partial charge >= 0.3 is 0 Å². The molecule has 1 saturated heterocycles. The predicted octanol–water partition coefficient (Wildman–Crippen LogP) is 2.01. The molecule has 1 aliphatic heterocycles. The van der Waals surface area contributed by atoms with E-state index in [1.807, 2.05) is 0 Å². The lowest BCUT2D eigenvalue weighted by atomic mass is 9.51. The second-order valence-electron chi connectivity index (χ2n) is 8.37. The first kappa shape index (κ1) is 19.3. The number of hydrogen-bond donors (Lipinski definition) is 1. The van der Waals surface area contributed by atoms with Gasteiger partial charge in [-0.15, -0.1) is 0 Å². The molecule has 2 aromatic carbocycles. The molecule has 9 nitrogen and oxygen atoms in total. The maximum absolute atomic E-state index is 13.6. The van der Waals surface area contributed by atoms with Crippen molar-refractivity contribution in [2.24, 2.45) is 11.8 Å². The summed E-state index contributed by atoms with van der Waals surface area (Å²) < 4.78 is 0. The topological polar surface area (TPSA) is 123 Å². The van der Waals surface area contributed by atoms with Crippen LogP contribution >= 0.6 is 0 Å². The molecule has 0 spiro atoms. The van der Waals surface area contributed by atoms with E-state index in [0.717, 1.165) is 0 Å². The number of imide groups is 1. The second kappa shape index (κ2) is 6.55. The van der Waals surface area contributed by atoms with E-state index in [1.165, 1.54) is 24.5 Å². The lowest BCUT2D eigenvalue weighted by Gasteiger charge is -2.48. The fraction of sp³-hybridized carbons (Fsp3) is 0.167. The van der Waals surface area contributed by atoms with Crippen molar-refractivity contribution < 1.29 is 19.3 Å². The van der Waals surface area contributed by atoms with Gasteiger partial charge < -0.3 is 0 Å². The smallest absolute Gasteiger partial charge is 0.272 e. The highest BCUT2D eigenvalue weighted by Crippen LogP contribution is 2.63. The Morgan fingerprint density at radius 2 is 1.52 bits per heavy atom. The summed E-state index contributed by atoms with van der Waals surface area (Å²) in [6.07, 6.45) is 2.83. The van der Waals surface area contributed by atoms with Crippen LogP contribution in [0, 0.1) is 22.0 Å². The number of amides is 3. The van der Waals surface area contributed by atoms with Crippen LogP contribution in [0.25, 0.3) is 0 Å². The summed E-state index contributed by atoms with van der Waals surface area (Å²) in [6.45, 7) is 0. The number of nitrogens with one attached hydrogen (secondary N) is 1. The number of hydrogen-bond acceptors (Lipinski definition) is 6. The summed E-state index contributed by atoms with van der Waals surface area (Å²) in [5.41, 5.74) is 2.83. The van der Waals surface area contributed by atoms with E-state index in [2.05, 4.69) is 10.4 Å². The SMILES string of the molecule is O=C(NN1C(=O)[C@H]2C3c4ccccc4C([N+](=O)[O-])(c4ccccc43)[C@H]2C1=O)c1ccncc1. The molecule has 162 valence electrons. The normalized spacial score (nSPS) is 26.4. The molecule has 2 atom stereocenters. The summed E-state index contributed by atoms with van der Waals surface area (Å²) in [7, 11) is 0. The highest BCUT2D eigenvalue weighted by Gasteiger charge is 2.75. The Labute approximate surface area is 187 Å². The maximum Gasteiger partial charge on any atom is 0.285 e. The molecule has 2 bridgehead atoms. The molecule has 0 unspecified atom stereocenters. The van der Waals surface area contributed by atoms with Crippen molar-refractivity contribution >= 4 is 17.7 Å². The molecule has 0 radical (unpaired) electrons. The highest BCUT2D eigenvalue weighted by molar-refractivity contribution is 6.10. The van der Waals surface area contributed by atoms with Gasteiger partial charge in [-0.2, -0.15) is 5.01 Å². The molecule has 3 aliphatic carbocycles. The van der Waals surface area contributed by atoms with Gasteiger partial charge in [-0.25, -0.2) is 0 Å². The number of benzene rings is 2. The van der Waals surface area contributed by atoms with Gasteiger partial charge in [0.05, 0.1) is 5.92 Å². The van der Waals surface area contributed by atoms with Gasteiger partial charge in [-0.05, 0) is 23.3 Å². The molecular formula is C24H16N4O5. The Morgan fingerprint density at radius 1 is 0.939 bits per heavy atom.